The normalized spacial score (nSPS) is 14.3. The van der Waals surface area contributed by atoms with E-state index in [9.17, 15) is 4.79 Å². The molecule has 1 aliphatic rings. The lowest BCUT2D eigenvalue weighted by Gasteiger charge is -2.29. The van der Waals surface area contributed by atoms with Crippen molar-refractivity contribution in [3.63, 3.8) is 0 Å². The monoisotopic (exact) mass is 320 g/mol. The predicted octanol–water partition coefficient (Wildman–Crippen LogP) is 3.22. The Morgan fingerprint density at radius 1 is 1.32 bits per heavy atom. The number of hydrogen-bond donors (Lipinski definition) is 1. The highest BCUT2D eigenvalue weighted by Gasteiger charge is 2.26. The summed E-state index contributed by atoms with van der Waals surface area (Å²) in [6, 6.07) is 9.07. The summed E-state index contributed by atoms with van der Waals surface area (Å²) in [6.07, 6.45) is 1.82. The number of carbonyl (C=O) groups excluding carboxylic acids is 1. The summed E-state index contributed by atoms with van der Waals surface area (Å²) in [5.41, 5.74) is 8.66. The average molecular weight is 321 g/mol. The van der Waals surface area contributed by atoms with Crippen LogP contribution in [0.1, 0.15) is 22.5 Å². The average Bonchev–Trinajstić information content (AvgIpc) is 2.85. The third-order valence-corrected chi connectivity index (χ3v) is 3.74. The lowest BCUT2D eigenvalue weighted by molar-refractivity contribution is 0.0957. The number of hydrogen-bond acceptors (Lipinski definition) is 3. The van der Waals surface area contributed by atoms with Crippen molar-refractivity contribution in [2.75, 3.05) is 17.2 Å². The van der Waals surface area contributed by atoms with Gasteiger partial charge in [0.15, 0.2) is 10.4 Å². The van der Waals surface area contributed by atoms with Crippen LogP contribution in [0.3, 0.4) is 0 Å². The van der Waals surface area contributed by atoms with Crippen molar-refractivity contribution in [2.24, 2.45) is 0 Å². The van der Waals surface area contributed by atoms with E-state index < -0.39 is 0 Å². The van der Waals surface area contributed by atoms with Gasteiger partial charge in [-0.05, 0) is 58.6 Å². The molecule has 3 rings (SSSR count). The molecule has 0 aliphatic carbocycles. The molecular weight excluding hydrogens is 308 g/mol. The molecule has 4 nitrogen and oxygen atoms in total. The van der Waals surface area contributed by atoms with Crippen LogP contribution in [0.4, 0.5) is 11.4 Å². The Morgan fingerprint density at radius 2 is 2.16 bits per heavy atom. The van der Waals surface area contributed by atoms with E-state index in [0.29, 0.717) is 17.0 Å². The van der Waals surface area contributed by atoms with Crippen LogP contribution in [0.2, 0.25) is 0 Å². The largest absolute Gasteiger partial charge is 0.444 e. The molecule has 0 radical (unpaired) electrons. The molecule has 98 valence electrons. The fraction of sp³-hybridized carbons (Fsp3) is 0.214. The van der Waals surface area contributed by atoms with Crippen molar-refractivity contribution in [1.82, 2.24) is 0 Å². The second-order valence-electron chi connectivity index (χ2n) is 4.51. The third-order valence-electron chi connectivity index (χ3n) is 3.32. The van der Waals surface area contributed by atoms with Crippen molar-refractivity contribution in [2.45, 2.75) is 12.8 Å². The summed E-state index contributed by atoms with van der Waals surface area (Å²) >= 11 is 3.21. The molecule has 0 fully saturated rings. The van der Waals surface area contributed by atoms with Crippen molar-refractivity contribution in [3.05, 3.63) is 46.3 Å². The Hall–Kier alpha value is -1.75. The molecule has 5 heteroatoms. The first-order chi connectivity index (χ1) is 9.16. The minimum atomic E-state index is -0.128. The lowest BCUT2D eigenvalue weighted by atomic mass is 9.99. The molecule has 1 aliphatic heterocycles. The Labute approximate surface area is 119 Å². The lowest BCUT2D eigenvalue weighted by Crippen LogP contribution is -2.35. The number of fused-ring (bicyclic) bond motifs is 1. The summed E-state index contributed by atoms with van der Waals surface area (Å²) in [5, 5.41) is 0. The molecular formula is C14H13BrN2O2. The maximum Gasteiger partial charge on any atom is 0.294 e. The van der Waals surface area contributed by atoms with Gasteiger partial charge in [0.1, 0.15) is 0 Å². The molecule has 1 aromatic carbocycles. The molecule has 2 N–H and O–H groups in total. The predicted molar refractivity (Wildman–Crippen MR) is 77.3 cm³/mol. The van der Waals surface area contributed by atoms with Crippen LogP contribution in [-0.2, 0) is 6.42 Å². The summed E-state index contributed by atoms with van der Waals surface area (Å²) in [7, 11) is 0. The SMILES string of the molecule is Nc1cccc2c1CCCN2C(=O)c1ccc(Br)o1. The summed E-state index contributed by atoms with van der Waals surface area (Å²) < 4.78 is 5.89. The van der Waals surface area contributed by atoms with Gasteiger partial charge in [0.05, 0.1) is 0 Å². The zero-order valence-electron chi connectivity index (χ0n) is 10.2. The van der Waals surface area contributed by atoms with Gasteiger partial charge in [0, 0.05) is 17.9 Å². The van der Waals surface area contributed by atoms with Crippen LogP contribution in [0.25, 0.3) is 0 Å². The van der Waals surface area contributed by atoms with E-state index in [4.69, 9.17) is 10.2 Å². The molecule has 1 aromatic heterocycles. The van der Waals surface area contributed by atoms with Gasteiger partial charge in [-0.1, -0.05) is 6.07 Å². The second-order valence-corrected chi connectivity index (χ2v) is 5.29. The Balaban J connectivity index is 2.00. The zero-order valence-corrected chi connectivity index (χ0v) is 11.8. The fourth-order valence-corrected chi connectivity index (χ4v) is 2.73. The first-order valence-electron chi connectivity index (χ1n) is 6.11. The molecule has 0 unspecified atom stereocenters. The van der Waals surface area contributed by atoms with Crippen molar-refractivity contribution in [3.8, 4) is 0 Å². The summed E-state index contributed by atoms with van der Waals surface area (Å²) in [5.74, 6) is 0.208. The van der Waals surface area contributed by atoms with Crippen LogP contribution in [-0.4, -0.2) is 12.5 Å². The molecule has 19 heavy (non-hydrogen) atoms. The molecule has 0 bridgehead atoms. The van der Waals surface area contributed by atoms with Crippen LogP contribution in [0, 0.1) is 0 Å². The van der Waals surface area contributed by atoms with Gasteiger partial charge in [-0.25, -0.2) is 0 Å². The first kappa shape index (κ1) is 12.3. The van der Waals surface area contributed by atoms with E-state index in [2.05, 4.69) is 15.9 Å². The first-order valence-corrected chi connectivity index (χ1v) is 6.90. The van der Waals surface area contributed by atoms with E-state index in [1.165, 1.54) is 0 Å². The number of nitrogen functional groups attached to an aromatic ring is 1. The van der Waals surface area contributed by atoms with Gasteiger partial charge in [-0.15, -0.1) is 0 Å². The highest BCUT2D eigenvalue weighted by molar-refractivity contribution is 9.10. The van der Waals surface area contributed by atoms with Crippen molar-refractivity contribution < 1.29 is 9.21 Å². The maximum atomic E-state index is 12.5. The smallest absolute Gasteiger partial charge is 0.294 e. The third kappa shape index (κ3) is 2.14. The van der Waals surface area contributed by atoms with E-state index in [1.54, 1.807) is 17.0 Å². The number of benzene rings is 1. The number of furan rings is 1. The number of halogens is 1. The van der Waals surface area contributed by atoms with Gasteiger partial charge in [-0.2, -0.15) is 0 Å². The van der Waals surface area contributed by atoms with Crippen LogP contribution >= 0.6 is 15.9 Å². The Kier molecular flexibility index (Phi) is 3.06. The molecule has 1 amide bonds. The van der Waals surface area contributed by atoms with E-state index in [-0.39, 0.29) is 5.91 Å². The topological polar surface area (TPSA) is 59.5 Å². The second kappa shape index (κ2) is 4.74. The maximum absolute atomic E-state index is 12.5. The van der Waals surface area contributed by atoms with Crippen LogP contribution in [0.5, 0.6) is 0 Å². The Bertz CT molecular complexity index is 636. The minimum absolute atomic E-state index is 0.128. The standard InChI is InChI=1S/C14H13BrN2O2/c15-13-7-6-12(19-13)14(18)17-8-2-3-9-10(16)4-1-5-11(9)17/h1,4-7H,2-3,8,16H2. The van der Waals surface area contributed by atoms with Gasteiger partial charge >= 0.3 is 0 Å². The van der Waals surface area contributed by atoms with E-state index >= 15 is 0 Å². The number of rotatable bonds is 1. The van der Waals surface area contributed by atoms with Crippen LogP contribution in [0.15, 0.2) is 39.4 Å². The zero-order chi connectivity index (χ0) is 13.4. The molecule has 0 spiro atoms. The van der Waals surface area contributed by atoms with Gasteiger partial charge in [0.25, 0.3) is 5.91 Å². The Morgan fingerprint density at radius 3 is 2.89 bits per heavy atom. The van der Waals surface area contributed by atoms with E-state index in [0.717, 1.165) is 29.8 Å². The molecule has 2 heterocycles. The molecule has 0 atom stereocenters. The van der Waals surface area contributed by atoms with Crippen LogP contribution < -0.4 is 10.6 Å². The number of nitrogens with two attached hydrogens (primary N) is 1. The van der Waals surface area contributed by atoms with Crippen molar-refractivity contribution >= 4 is 33.2 Å². The minimum Gasteiger partial charge on any atom is -0.444 e. The van der Waals surface area contributed by atoms with Gasteiger partial charge in [0.2, 0.25) is 0 Å². The number of amides is 1. The summed E-state index contributed by atoms with van der Waals surface area (Å²) in [6.45, 7) is 0.688. The molecule has 2 aromatic rings. The molecule has 0 saturated carbocycles. The summed E-state index contributed by atoms with van der Waals surface area (Å²) in [4.78, 5) is 14.2. The number of nitrogens with zero attached hydrogens (tertiary/aromatic N) is 1. The quantitative estimate of drug-likeness (QED) is 0.821. The van der Waals surface area contributed by atoms with Crippen molar-refractivity contribution in [1.29, 1.82) is 0 Å². The number of carbonyl (C=O) groups is 1. The van der Waals surface area contributed by atoms with Gasteiger partial charge in [-0.3, -0.25) is 4.79 Å². The highest BCUT2D eigenvalue weighted by atomic mass is 79.9. The fourth-order valence-electron chi connectivity index (χ4n) is 2.42. The van der Waals surface area contributed by atoms with Gasteiger partial charge < -0.3 is 15.1 Å². The number of anilines is 2. The highest BCUT2D eigenvalue weighted by Crippen LogP contribution is 2.32. The molecule has 0 saturated heterocycles. The van der Waals surface area contributed by atoms with E-state index in [1.807, 2.05) is 18.2 Å².